The fraction of sp³-hybridized carbons (Fsp3) is 0.417. The molecule has 4 heteroatoms. The third-order valence-corrected chi connectivity index (χ3v) is 2.27. The molecule has 0 radical (unpaired) electrons. The molecular formula is C12H18N2O2. The Hall–Kier alpha value is -1.55. The monoisotopic (exact) mass is 222 g/mol. The third-order valence-electron chi connectivity index (χ3n) is 2.27. The molecule has 0 aliphatic carbocycles. The van der Waals surface area contributed by atoms with Gasteiger partial charge in [0, 0.05) is 20.1 Å². The topological polar surface area (TPSA) is 55.6 Å². The van der Waals surface area contributed by atoms with Crippen molar-refractivity contribution in [3.8, 4) is 5.75 Å². The molecule has 1 aromatic carbocycles. The summed E-state index contributed by atoms with van der Waals surface area (Å²) in [4.78, 5) is 12.8. The first-order valence-electron chi connectivity index (χ1n) is 5.19. The zero-order valence-corrected chi connectivity index (χ0v) is 9.93. The molecule has 0 bridgehead atoms. The van der Waals surface area contributed by atoms with Crippen LogP contribution in [0.25, 0.3) is 0 Å². The Bertz CT molecular complexity index is 345. The first-order valence-corrected chi connectivity index (χ1v) is 5.19. The van der Waals surface area contributed by atoms with Gasteiger partial charge in [-0.25, -0.2) is 0 Å². The van der Waals surface area contributed by atoms with Gasteiger partial charge in [0.2, 0.25) is 0 Å². The van der Waals surface area contributed by atoms with E-state index in [0.717, 1.165) is 5.56 Å². The van der Waals surface area contributed by atoms with E-state index in [9.17, 15) is 4.79 Å². The third kappa shape index (κ3) is 3.55. The molecule has 0 fully saturated rings. The van der Waals surface area contributed by atoms with E-state index >= 15 is 0 Å². The average molecular weight is 222 g/mol. The SMILES string of the molecule is CC(N)c1ccc(OCC(=O)N(C)C)cc1. The van der Waals surface area contributed by atoms with Crippen molar-refractivity contribution in [3.63, 3.8) is 0 Å². The number of ether oxygens (including phenoxy) is 1. The summed E-state index contributed by atoms with van der Waals surface area (Å²) >= 11 is 0. The van der Waals surface area contributed by atoms with Crippen LogP contribution in [0.15, 0.2) is 24.3 Å². The normalized spacial score (nSPS) is 12.0. The van der Waals surface area contributed by atoms with Crippen molar-refractivity contribution < 1.29 is 9.53 Å². The molecule has 16 heavy (non-hydrogen) atoms. The maximum atomic E-state index is 11.3. The summed E-state index contributed by atoms with van der Waals surface area (Å²) in [5, 5.41) is 0. The molecule has 1 unspecified atom stereocenters. The minimum Gasteiger partial charge on any atom is -0.484 e. The first kappa shape index (κ1) is 12.5. The number of amides is 1. The van der Waals surface area contributed by atoms with Crippen LogP contribution in [0.5, 0.6) is 5.75 Å². The molecule has 88 valence electrons. The summed E-state index contributed by atoms with van der Waals surface area (Å²) < 4.78 is 5.33. The minimum atomic E-state index is -0.0590. The molecule has 0 aliphatic heterocycles. The quantitative estimate of drug-likeness (QED) is 0.832. The van der Waals surface area contributed by atoms with Gasteiger partial charge >= 0.3 is 0 Å². The van der Waals surface area contributed by atoms with Crippen molar-refractivity contribution in [1.82, 2.24) is 4.90 Å². The standard InChI is InChI=1S/C12H18N2O2/c1-9(13)10-4-6-11(7-5-10)16-8-12(15)14(2)3/h4-7,9H,8,13H2,1-3H3. The summed E-state index contributed by atoms with van der Waals surface area (Å²) in [5.41, 5.74) is 6.77. The average Bonchev–Trinajstić information content (AvgIpc) is 2.26. The van der Waals surface area contributed by atoms with Crippen molar-refractivity contribution in [3.05, 3.63) is 29.8 Å². The Balaban J connectivity index is 2.53. The number of benzene rings is 1. The summed E-state index contributed by atoms with van der Waals surface area (Å²) in [6.07, 6.45) is 0. The van der Waals surface area contributed by atoms with Gasteiger partial charge in [0.1, 0.15) is 5.75 Å². The van der Waals surface area contributed by atoms with Crippen molar-refractivity contribution in [2.75, 3.05) is 20.7 Å². The van der Waals surface area contributed by atoms with Gasteiger partial charge < -0.3 is 15.4 Å². The smallest absolute Gasteiger partial charge is 0.259 e. The lowest BCUT2D eigenvalue weighted by molar-refractivity contribution is -0.130. The number of likely N-dealkylation sites (N-methyl/N-ethyl adjacent to an activating group) is 1. The first-order chi connectivity index (χ1) is 7.50. The zero-order valence-electron chi connectivity index (χ0n) is 9.93. The van der Waals surface area contributed by atoms with Crippen molar-refractivity contribution >= 4 is 5.91 Å². The number of rotatable bonds is 4. The van der Waals surface area contributed by atoms with E-state index < -0.39 is 0 Å². The summed E-state index contributed by atoms with van der Waals surface area (Å²) in [6.45, 7) is 1.98. The molecule has 1 atom stereocenters. The second kappa shape index (κ2) is 5.51. The molecule has 0 saturated heterocycles. The maximum absolute atomic E-state index is 11.3. The highest BCUT2D eigenvalue weighted by atomic mass is 16.5. The number of carbonyl (C=O) groups excluding carboxylic acids is 1. The van der Waals surface area contributed by atoms with Gasteiger partial charge in [0.25, 0.3) is 5.91 Å². The number of carbonyl (C=O) groups is 1. The Kier molecular flexibility index (Phi) is 4.31. The number of nitrogens with two attached hydrogens (primary N) is 1. The van der Waals surface area contributed by atoms with E-state index in [1.165, 1.54) is 4.90 Å². The van der Waals surface area contributed by atoms with Gasteiger partial charge in [0.05, 0.1) is 0 Å². The Morgan fingerprint density at radius 3 is 2.38 bits per heavy atom. The highest BCUT2D eigenvalue weighted by Crippen LogP contribution is 2.15. The van der Waals surface area contributed by atoms with Gasteiger partial charge in [-0.15, -0.1) is 0 Å². The maximum Gasteiger partial charge on any atom is 0.259 e. The summed E-state index contributed by atoms with van der Waals surface area (Å²) in [6, 6.07) is 7.46. The van der Waals surface area contributed by atoms with E-state index in [0.29, 0.717) is 5.75 Å². The molecule has 0 heterocycles. The Morgan fingerprint density at radius 2 is 1.94 bits per heavy atom. The van der Waals surface area contributed by atoms with Gasteiger partial charge in [-0.3, -0.25) is 4.79 Å². The van der Waals surface area contributed by atoms with Gasteiger partial charge in [-0.05, 0) is 24.6 Å². The van der Waals surface area contributed by atoms with E-state index in [1.807, 2.05) is 31.2 Å². The number of nitrogens with zero attached hydrogens (tertiary/aromatic N) is 1. The van der Waals surface area contributed by atoms with Crippen LogP contribution in [-0.2, 0) is 4.79 Å². The van der Waals surface area contributed by atoms with Crippen LogP contribution in [0.4, 0.5) is 0 Å². The second-order valence-electron chi connectivity index (χ2n) is 3.93. The molecule has 0 spiro atoms. The van der Waals surface area contributed by atoms with Gasteiger partial charge in [0.15, 0.2) is 6.61 Å². The molecule has 2 N–H and O–H groups in total. The van der Waals surface area contributed by atoms with Crippen LogP contribution in [0.2, 0.25) is 0 Å². The molecule has 4 nitrogen and oxygen atoms in total. The van der Waals surface area contributed by atoms with Crippen molar-refractivity contribution in [1.29, 1.82) is 0 Å². The fourth-order valence-electron chi connectivity index (χ4n) is 1.14. The highest BCUT2D eigenvalue weighted by molar-refractivity contribution is 5.77. The molecule has 1 aromatic rings. The Labute approximate surface area is 96.0 Å². The van der Waals surface area contributed by atoms with Crippen LogP contribution in [0, 0.1) is 0 Å². The number of hydrogen-bond acceptors (Lipinski definition) is 3. The molecular weight excluding hydrogens is 204 g/mol. The summed E-state index contributed by atoms with van der Waals surface area (Å²) in [5.74, 6) is 0.621. The van der Waals surface area contributed by atoms with Crippen molar-refractivity contribution in [2.45, 2.75) is 13.0 Å². The van der Waals surface area contributed by atoms with Crippen LogP contribution in [0.1, 0.15) is 18.5 Å². The lowest BCUT2D eigenvalue weighted by Crippen LogP contribution is -2.27. The molecule has 1 amide bonds. The van der Waals surface area contributed by atoms with E-state index in [4.69, 9.17) is 10.5 Å². The van der Waals surface area contributed by atoms with Crippen molar-refractivity contribution in [2.24, 2.45) is 5.73 Å². The number of hydrogen-bond donors (Lipinski definition) is 1. The summed E-state index contributed by atoms with van der Waals surface area (Å²) in [7, 11) is 3.40. The lowest BCUT2D eigenvalue weighted by Gasteiger charge is -2.12. The van der Waals surface area contributed by atoms with Crippen LogP contribution in [0.3, 0.4) is 0 Å². The molecule has 0 saturated carbocycles. The van der Waals surface area contributed by atoms with Gasteiger partial charge in [-0.2, -0.15) is 0 Å². The predicted molar refractivity (Wildman–Crippen MR) is 63.2 cm³/mol. The minimum absolute atomic E-state index is 0.0115. The largest absolute Gasteiger partial charge is 0.484 e. The van der Waals surface area contributed by atoms with E-state index in [-0.39, 0.29) is 18.6 Å². The predicted octanol–water partition coefficient (Wildman–Crippen LogP) is 1.17. The molecule has 1 rings (SSSR count). The molecule has 0 aliphatic rings. The fourth-order valence-corrected chi connectivity index (χ4v) is 1.14. The van der Waals surface area contributed by atoms with Gasteiger partial charge in [-0.1, -0.05) is 12.1 Å². The van der Waals surface area contributed by atoms with Crippen LogP contribution < -0.4 is 10.5 Å². The van der Waals surface area contributed by atoms with E-state index in [2.05, 4.69) is 0 Å². The second-order valence-corrected chi connectivity index (χ2v) is 3.93. The van der Waals surface area contributed by atoms with E-state index in [1.54, 1.807) is 14.1 Å². The lowest BCUT2D eigenvalue weighted by atomic mass is 10.1. The van der Waals surface area contributed by atoms with Crippen LogP contribution in [-0.4, -0.2) is 31.5 Å². The molecule has 0 aromatic heterocycles. The zero-order chi connectivity index (χ0) is 12.1. The Morgan fingerprint density at radius 1 is 1.38 bits per heavy atom. The highest BCUT2D eigenvalue weighted by Gasteiger charge is 2.05. The van der Waals surface area contributed by atoms with Crippen LogP contribution >= 0.6 is 0 Å².